The molecule has 0 aromatic carbocycles. The molecule has 0 aliphatic carbocycles. The molecule has 2 rings (SSSR count). The fourth-order valence-corrected chi connectivity index (χ4v) is 1.52. The van der Waals surface area contributed by atoms with Crippen molar-refractivity contribution in [1.82, 2.24) is 14.8 Å². The van der Waals surface area contributed by atoms with Gasteiger partial charge in [0.15, 0.2) is 0 Å². The van der Waals surface area contributed by atoms with E-state index in [-0.39, 0.29) is 17.5 Å². The van der Waals surface area contributed by atoms with Crippen LogP contribution in [0.3, 0.4) is 0 Å². The molecule has 0 saturated carbocycles. The first-order valence-corrected chi connectivity index (χ1v) is 5.69. The molecule has 0 aliphatic rings. The Morgan fingerprint density at radius 3 is 2.74 bits per heavy atom. The summed E-state index contributed by atoms with van der Waals surface area (Å²) in [6.45, 7) is 4.03. The number of nitrogen functional groups attached to an aromatic ring is 1. The first kappa shape index (κ1) is 12.8. The molecule has 0 bridgehead atoms. The SMILES string of the molecule is CC(C)n1cc(Nc2ccc([N+](=O)[O-])c(N)n2)cn1. The Labute approximate surface area is 109 Å². The van der Waals surface area contributed by atoms with Crippen LogP contribution in [0.4, 0.5) is 23.0 Å². The second kappa shape index (κ2) is 4.92. The maximum absolute atomic E-state index is 10.6. The van der Waals surface area contributed by atoms with E-state index in [0.717, 1.165) is 5.69 Å². The number of nitrogens with one attached hydrogen (secondary N) is 1. The number of aromatic nitrogens is 3. The van der Waals surface area contributed by atoms with E-state index in [1.54, 1.807) is 10.9 Å². The highest BCUT2D eigenvalue weighted by Crippen LogP contribution is 2.23. The molecular formula is C11H14N6O2. The van der Waals surface area contributed by atoms with E-state index in [4.69, 9.17) is 5.73 Å². The van der Waals surface area contributed by atoms with E-state index in [9.17, 15) is 10.1 Å². The van der Waals surface area contributed by atoms with Gasteiger partial charge in [-0.25, -0.2) is 4.98 Å². The molecule has 3 N–H and O–H groups in total. The lowest BCUT2D eigenvalue weighted by atomic mass is 10.3. The molecule has 0 fully saturated rings. The fourth-order valence-electron chi connectivity index (χ4n) is 1.52. The number of nitrogens with two attached hydrogens (primary N) is 1. The van der Waals surface area contributed by atoms with E-state index in [2.05, 4.69) is 15.4 Å². The van der Waals surface area contributed by atoms with Crippen LogP contribution in [-0.2, 0) is 0 Å². The molecule has 2 aromatic heterocycles. The van der Waals surface area contributed by atoms with Crippen molar-refractivity contribution < 1.29 is 4.92 Å². The molecule has 0 spiro atoms. The molecule has 0 unspecified atom stereocenters. The van der Waals surface area contributed by atoms with Gasteiger partial charge in [-0.1, -0.05) is 0 Å². The highest BCUT2D eigenvalue weighted by molar-refractivity contribution is 5.61. The molecule has 8 heteroatoms. The van der Waals surface area contributed by atoms with Crippen molar-refractivity contribution in [2.45, 2.75) is 19.9 Å². The highest BCUT2D eigenvalue weighted by Gasteiger charge is 2.13. The Bertz CT molecular complexity index is 607. The predicted molar refractivity (Wildman–Crippen MR) is 71.2 cm³/mol. The van der Waals surface area contributed by atoms with Gasteiger partial charge >= 0.3 is 5.69 Å². The minimum Gasteiger partial charge on any atom is -0.378 e. The molecule has 2 aromatic rings. The standard InChI is InChI=1S/C11H14N6O2/c1-7(2)16-6-8(5-13-16)14-10-4-3-9(17(18)19)11(12)15-10/h3-7H,1-2H3,(H3,12,14,15). The van der Waals surface area contributed by atoms with Crippen LogP contribution >= 0.6 is 0 Å². The zero-order chi connectivity index (χ0) is 14.0. The number of anilines is 3. The Kier molecular flexibility index (Phi) is 3.32. The number of hydrogen-bond acceptors (Lipinski definition) is 6. The van der Waals surface area contributed by atoms with Gasteiger partial charge in [0.1, 0.15) is 5.82 Å². The van der Waals surface area contributed by atoms with Gasteiger partial charge in [0.2, 0.25) is 5.82 Å². The summed E-state index contributed by atoms with van der Waals surface area (Å²) in [7, 11) is 0. The van der Waals surface area contributed by atoms with Crippen molar-refractivity contribution in [1.29, 1.82) is 0 Å². The third kappa shape index (κ3) is 2.79. The van der Waals surface area contributed by atoms with Crippen LogP contribution in [0.2, 0.25) is 0 Å². The molecule has 0 saturated heterocycles. The molecule has 2 heterocycles. The lowest BCUT2D eigenvalue weighted by molar-refractivity contribution is -0.384. The number of rotatable bonds is 4. The number of nitro groups is 1. The number of hydrogen-bond donors (Lipinski definition) is 2. The lowest BCUT2D eigenvalue weighted by Gasteiger charge is -2.05. The maximum Gasteiger partial charge on any atom is 0.311 e. The smallest absolute Gasteiger partial charge is 0.311 e. The Morgan fingerprint density at radius 2 is 2.21 bits per heavy atom. The van der Waals surface area contributed by atoms with Crippen molar-refractivity contribution in [3.63, 3.8) is 0 Å². The first-order valence-electron chi connectivity index (χ1n) is 5.69. The van der Waals surface area contributed by atoms with Crippen LogP contribution in [0, 0.1) is 10.1 Å². The molecule has 19 heavy (non-hydrogen) atoms. The summed E-state index contributed by atoms with van der Waals surface area (Å²) < 4.78 is 1.79. The Balaban J connectivity index is 2.19. The van der Waals surface area contributed by atoms with Gasteiger partial charge in [0, 0.05) is 18.3 Å². The molecule has 0 amide bonds. The Hall–Kier alpha value is -2.64. The highest BCUT2D eigenvalue weighted by atomic mass is 16.6. The Morgan fingerprint density at radius 1 is 1.47 bits per heavy atom. The van der Waals surface area contributed by atoms with Crippen LogP contribution in [0.15, 0.2) is 24.5 Å². The summed E-state index contributed by atoms with van der Waals surface area (Å²) >= 11 is 0. The van der Waals surface area contributed by atoms with Crippen LogP contribution in [0.5, 0.6) is 0 Å². The second-order valence-electron chi connectivity index (χ2n) is 4.29. The zero-order valence-corrected chi connectivity index (χ0v) is 10.6. The van der Waals surface area contributed by atoms with Gasteiger partial charge in [0.05, 0.1) is 16.8 Å². The zero-order valence-electron chi connectivity index (χ0n) is 10.6. The summed E-state index contributed by atoms with van der Waals surface area (Å²) in [5.41, 5.74) is 6.06. The normalized spacial score (nSPS) is 10.7. The largest absolute Gasteiger partial charge is 0.378 e. The van der Waals surface area contributed by atoms with E-state index >= 15 is 0 Å². The molecule has 0 atom stereocenters. The summed E-state index contributed by atoms with van der Waals surface area (Å²) in [4.78, 5) is 14.0. The third-order valence-corrected chi connectivity index (χ3v) is 2.50. The van der Waals surface area contributed by atoms with Crippen LogP contribution in [0.1, 0.15) is 19.9 Å². The third-order valence-electron chi connectivity index (χ3n) is 2.50. The predicted octanol–water partition coefficient (Wildman–Crippen LogP) is 2.09. The van der Waals surface area contributed by atoms with Crippen molar-refractivity contribution in [2.24, 2.45) is 0 Å². The number of nitrogens with zero attached hydrogens (tertiary/aromatic N) is 4. The van der Waals surface area contributed by atoms with Crippen LogP contribution in [0.25, 0.3) is 0 Å². The van der Waals surface area contributed by atoms with Crippen molar-refractivity contribution in [2.75, 3.05) is 11.1 Å². The molecule has 0 radical (unpaired) electrons. The molecule has 100 valence electrons. The second-order valence-corrected chi connectivity index (χ2v) is 4.29. The van der Waals surface area contributed by atoms with Gasteiger partial charge in [-0.3, -0.25) is 14.8 Å². The van der Waals surface area contributed by atoms with Crippen LogP contribution < -0.4 is 11.1 Å². The summed E-state index contributed by atoms with van der Waals surface area (Å²) in [6, 6.07) is 3.07. The van der Waals surface area contributed by atoms with Crippen LogP contribution in [-0.4, -0.2) is 19.7 Å². The van der Waals surface area contributed by atoms with E-state index in [1.807, 2.05) is 20.0 Å². The topological polar surface area (TPSA) is 112 Å². The summed E-state index contributed by atoms with van der Waals surface area (Å²) in [5, 5.41) is 17.8. The minimum absolute atomic E-state index is 0.119. The minimum atomic E-state index is -0.567. The average Bonchev–Trinajstić information content (AvgIpc) is 2.77. The van der Waals surface area contributed by atoms with Gasteiger partial charge in [-0.15, -0.1) is 0 Å². The van der Waals surface area contributed by atoms with E-state index in [1.165, 1.54) is 12.1 Å². The lowest BCUT2D eigenvalue weighted by Crippen LogP contribution is -2.01. The molecular weight excluding hydrogens is 248 g/mol. The maximum atomic E-state index is 10.6. The fraction of sp³-hybridized carbons (Fsp3) is 0.273. The van der Waals surface area contributed by atoms with E-state index in [0.29, 0.717) is 5.82 Å². The molecule has 8 nitrogen and oxygen atoms in total. The van der Waals surface area contributed by atoms with Gasteiger partial charge in [-0.2, -0.15) is 5.10 Å². The van der Waals surface area contributed by atoms with Gasteiger partial charge < -0.3 is 11.1 Å². The van der Waals surface area contributed by atoms with E-state index < -0.39 is 4.92 Å². The summed E-state index contributed by atoms with van der Waals surface area (Å²) in [6.07, 6.45) is 3.48. The molecule has 0 aliphatic heterocycles. The van der Waals surface area contributed by atoms with Crippen molar-refractivity contribution in [3.8, 4) is 0 Å². The van der Waals surface area contributed by atoms with Gasteiger partial charge in [-0.05, 0) is 19.9 Å². The van der Waals surface area contributed by atoms with Crippen molar-refractivity contribution >= 4 is 23.0 Å². The van der Waals surface area contributed by atoms with Gasteiger partial charge in [0.25, 0.3) is 0 Å². The van der Waals surface area contributed by atoms with Crippen molar-refractivity contribution in [3.05, 3.63) is 34.6 Å². The quantitative estimate of drug-likeness (QED) is 0.644. The number of pyridine rings is 1. The first-order chi connectivity index (χ1) is 8.97. The summed E-state index contributed by atoms with van der Waals surface area (Å²) in [5.74, 6) is 0.317. The average molecular weight is 262 g/mol. The monoisotopic (exact) mass is 262 g/mol.